The quantitative estimate of drug-likeness (QED) is 0.642. The van der Waals surface area contributed by atoms with E-state index < -0.39 is 11.6 Å². The molecule has 2 aromatic carbocycles. The summed E-state index contributed by atoms with van der Waals surface area (Å²) in [6.07, 6.45) is 0.926. The average Bonchev–Trinajstić information content (AvgIpc) is 3.02. The van der Waals surface area contributed by atoms with Crippen LogP contribution in [0.5, 0.6) is 11.5 Å². The van der Waals surface area contributed by atoms with Crippen LogP contribution in [0.15, 0.2) is 60.9 Å². The van der Waals surface area contributed by atoms with Crippen LogP contribution in [0.1, 0.15) is 32.4 Å². The fraction of sp³-hybridized carbons (Fsp3) is 0.273. The van der Waals surface area contributed by atoms with Gasteiger partial charge in [0.05, 0.1) is 11.6 Å². The molecule has 8 heteroatoms. The largest absolute Gasteiger partial charge is 0.457 e. The molecular weight excluding hydrogens is 382 g/mol. The van der Waals surface area contributed by atoms with Crippen LogP contribution in [0.4, 0.5) is 16.7 Å². The van der Waals surface area contributed by atoms with Crippen LogP contribution < -0.4 is 15.0 Å². The topological polar surface area (TPSA) is 89.5 Å². The van der Waals surface area contributed by atoms with E-state index in [1.807, 2.05) is 75.4 Å². The first-order valence-electron chi connectivity index (χ1n) is 9.68. The Morgan fingerprint density at radius 2 is 1.77 bits per heavy atom. The number of para-hydroxylation sites is 1. The molecule has 1 aliphatic rings. The molecule has 2 heterocycles. The van der Waals surface area contributed by atoms with Crippen LogP contribution >= 0.6 is 0 Å². The Morgan fingerprint density at radius 1 is 1.07 bits per heavy atom. The van der Waals surface area contributed by atoms with Crippen molar-refractivity contribution in [3.05, 3.63) is 66.5 Å². The van der Waals surface area contributed by atoms with Crippen LogP contribution in [0.3, 0.4) is 0 Å². The zero-order chi connectivity index (χ0) is 21.1. The molecule has 3 aromatic rings. The number of aromatic nitrogens is 3. The van der Waals surface area contributed by atoms with Gasteiger partial charge >= 0.3 is 6.09 Å². The van der Waals surface area contributed by atoms with Gasteiger partial charge in [0.25, 0.3) is 0 Å². The number of rotatable bonds is 6. The van der Waals surface area contributed by atoms with Crippen LogP contribution in [0, 0.1) is 0 Å². The highest BCUT2D eigenvalue weighted by Crippen LogP contribution is 2.28. The zero-order valence-electron chi connectivity index (χ0n) is 17.1. The molecule has 1 N–H and O–H groups in total. The summed E-state index contributed by atoms with van der Waals surface area (Å²) in [6.45, 7) is 6.09. The number of nitrogens with zero attached hydrogens (tertiary/aromatic N) is 4. The van der Waals surface area contributed by atoms with Crippen molar-refractivity contribution in [3.63, 3.8) is 0 Å². The maximum absolute atomic E-state index is 12.1. The summed E-state index contributed by atoms with van der Waals surface area (Å²) in [5, 5.41) is 3.25. The average molecular weight is 405 g/mol. The van der Waals surface area contributed by atoms with Gasteiger partial charge in [-0.15, -0.1) is 0 Å². The number of carbonyl (C=O) groups excluding carboxylic acids is 1. The Kier molecular flexibility index (Phi) is 5.22. The predicted molar refractivity (Wildman–Crippen MR) is 113 cm³/mol. The lowest BCUT2D eigenvalue weighted by molar-refractivity contribution is 0.175. The SMILES string of the molecule is C[C@H](Nc1ncnc(N2C(=O)OCC2(C)C)n1)c1ccc(Oc2ccccc2)cc1. The normalized spacial score (nSPS) is 16.1. The molecule has 0 saturated carbocycles. The van der Waals surface area contributed by atoms with Gasteiger partial charge in [-0.2, -0.15) is 4.98 Å². The van der Waals surface area contributed by atoms with Gasteiger partial charge < -0.3 is 14.8 Å². The number of cyclic esters (lactones) is 1. The molecule has 8 nitrogen and oxygen atoms in total. The monoisotopic (exact) mass is 405 g/mol. The first-order valence-corrected chi connectivity index (χ1v) is 9.68. The highest BCUT2D eigenvalue weighted by Gasteiger charge is 2.42. The molecule has 0 bridgehead atoms. The molecule has 30 heavy (non-hydrogen) atoms. The number of carbonyl (C=O) groups is 1. The Labute approximate surface area is 174 Å². The van der Waals surface area contributed by atoms with E-state index in [-0.39, 0.29) is 18.6 Å². The molecule has 0 radical (unpaired) electrons. The van der Waals surface area contributed by atoms with Crippen molar-refractivity contribution < 1.29 is 14.3 Å². The second kappa shape index (κ2) is 7.98. The Morgan fingerprint density at radius 3 is 2.43 bits per heavy atom. The van der Waals surface area contributed by atoms with Gasteiger partial charge in [-0.3, -0.25) is 0 Å². The minimum Gasteiger partial charge on any atom is -0.457 e. The molecule has 0 unspecified atom stereocenters. The van der Waals surface area contributed by atoms with Crippen molar-refractivity contribution in [3.8, 4) is 11.5 Å². The third-order valence-corrected chi connectivity index (χ3v) is 4.80. The molecule has 154 valence electrons. The summed E-state index contributed by atoms with van der Waals surface area (Å²) in [5.41, 5.74) is 0.522. The van der Waals surface area contributed by atoms with Gasteiger partial charge in [0.15, 0.2) is 0 Å². The molecule has 1 saturated heterocycles. The van der Waals surface area contributed by atoms with Crippen molar-refractivity contribution in [2.75, 3.05) is 16.8 Å². The van der Waals surface area contributed by atoms with Gasteiger partial charge in [0.1, 0.15) is 24.4 Å². The minimum absolute atomic E-state index is 0.0652. The highest BCUT2D eigenvalue weighted by atomic mass is 16.6. The fourth-order valence-corrected chi connectivity index (χ4v) is 3.16. The molecule has 4 rings (SSSR count). The number of nitrogens with one attached hydrogen (secondary N) is 1. The number of anilines is 2. The maximum atomic E-state index is 12.1. The van der Waals surface area contributed by atoms with Crippen molar-refractivity contribution in [2.24, 2.45) is 0 Å². The number of hydrogen-bond donors (Lipinski definition) is 1. The van der Waals surface area contributed by atoms with E-state index in [9.17, 15) is 4.79 Å². The summed E-state index contributed by atoms with van der Waals surface area (Å²) in [4.78, 5) is 26.3. The summed E-state index contributed by atoms with van der Waals surface area (Å²) in [5.74, 6) is 2.19. The van der Waals surface area contributed by atoms with E-state index in [2.05, 4.69) is 20.3 Å². The number of hydrogen-bond acceptors (Lipinski definition) is 7. The maximum Gasteiger partial charge on any atom is 0.417 e. The Hall–Kier alpha value is -3.68. The molecule has 0 aliphatic carbocycles. The lowest BCUT2D eigenvalue weighted by atomic mass is 10.1. The van der Waals surface area contributed by atoms with Crippen LogP contribution in [-0.4, -0.2) is 33.2 Å². The summed E-state index contributed by atoms with van der Waals surface area (Å²) >= 11 is 0. The zero-order valence-corrected chi connectivity index (χ0v) is 17.1. The molecule has 1 aromatic heterocycles. The smallest absolute Gasteiger partial charge is 0.417 e. The van der Waals surface area contributed by atoms with Crippen molar-refractivity contribution in [2.45, 2.75) is 32.4 Å². The van der Waals surface area contributed by atoms with Gasteiger partial charge in [-0.05, 0) is 50.6 Å². The van der Waals surface area contributed by atoms with Crippen LogP contribution in [0.25, 0.3) is 0 Å². The van der Waals surface area contributed by atoms with E-state index in [0.717, 1.165) is 17.1 Å². The Balaban J connectivity index is 1.45. The summed E-state index contributed by atoms with van der Waals surface area (Å²) < 4.78 is 11.0. The second-order valence-corrected chi connectivity index (χ2v) is 7.66. The third-order valence-electron chi connectivity index (χ3n) is 4.80. The van der Waals surface area contributed by atoms with E-state index >= 15 is 0 Å². The Bertz CT molecular complexity index is 1020. The molecule has 1 atom stereocenters. The van der Waals surface area contributed by atoms with E-state index in [4.69, 9.17) is 9.47 Å². The number of amides is 1. The van der Waals surface area contributed by atoms with Crippen molar-refractivity contribution >= 4 is 18.0 Å². The molecule has 0 spiro atoms. The first-order chi connectivity index (χ1) is 14.4. The number of ether oxygens (including phenoxy) is 2. The van der Waals surface area contributed by atoms with E-state index in [1.165, 1.54) is 11.2 Å². The van der Waals surface area contributed by atoms with Gasteiger partial charge in [-0.25, -0.2) is 19.7 Å². The van der Waals surface area contributed by atoms with Crippen LogP contribution in [-0.2, 0) is 4.74 Å². The molecule has 1 amide bonds. The van der Waals surface area contributed by atoms with Gasteiger partial charge in [0, 0.05) is 0 Å². The van der Waals surface area contributed by atoms with Crippen LogP contribution in [0.2, 0.25) is 0 Å². The second-order valence-electron chi connectivity index (χ2n) is 7.66. The molecule has 1 aliphatic heterocycles. The lowest BCUT2D eigenvalue weighted by Gasteiger charge is -2.25. The standard InChI is InChI=1S/C22H23N5O3/c1-15(16-9-11-18(12-10-16)30-17-7-5-4-6-8-17)25-19-23-14-24-20(26-19)27-21(28)29-13-22(27,2)3/h4-12,14-15H,13H2,1-3H3,(H,23,24,25,26)/t15-/m0/s1. The molecule has 1 fully saturated rings. The predicted octanol–water partition coefficient (Wildman–Crippen LogP) is 4.57. The van der Waals surface area contributed by atoms with E-state index in [1.54, 1.807) is 0 Å². The van der Waals surface area contributed by atoms with Crippen molar-refractivity contribution in [1.82, 2.24) is 15.0 Å². The lowest BCUT2D eigenvalue weighted by Crippen LogP contribution is -2.43. The third kappa shape index (κ3) is 4.17. The molecular formula is C22H23N5O3. The fourth-order valence-electron chi connectivity index (χ4n) is 3.16. The number of benzene rings is 2. The van der Waals surface area contributed by atoms with Crippen molar-refractivity contribution in [1.29, 1.82) is 0 Å². The van der Waals surface area contributed by atoms with E-state index in [0.29, 0.717) is 5.95 Å². The minimum atomic E-state index is -0.518. The van der Waals surface area contributed by atoms with Gasteiger partial charge in [-0.1, -0.05) is 30.3 Å². The first kappa shape index (κ1) is 19.6. The summed E-state index contributed by atoms with van der Waals surface area (Å²) in [7, 11) is 0. The highest BCUT2D eigenvalue weighted by molar-refractivity contribution is 5.89. The van der Waals surface area contributed by atoms with Gasteiger partial charge in [0.2, 0.25) is 11.9 Å². The summed E-state index contributed by atoms with van der Waals surface area (Å²) in [6, 6.07) is 17.4.